The van der Waals surface area contributed by atoms with E-state index in [9.17, 15) is 10.2 Å². The molecule has 0 spiro atoms. The Morgan fingerprint density at radius 2 is 0.818 bits per heavy atom. The summed E-state index contributed by atoms with van der Waals surface area (Å²) in [5.74, 6) is 0.639. The first kappa shape index (κ1) is 14.2. The molecule has 110 valence electrons. The van der Waals surface area contributed by atoms with Gasteiger partial charge in [0, 0.05) is 0 Å². The zero-order valence-electron chi connectivity index (χ0n) is 12.7. The van der Waals surface area contributed by atoms with Gasteiger partial charge in [-0.25, -0.2) is 0 Å². The normalized spacial score (nSPS) is 10.6. The Morgan fingerprint density at radius 3 is 1.14 bits per heavy atom. The monoisotopic (exact) mass is 290 g/mol. The molecule has 0 fully saturated rings. The van der Waals surface area contributed by atoms with Gasteiger partial charge in [0.2, 0.25) is 0 Å². The van der Waals surface area contributed by atoms with Crippen LogP contribution in [0.1, 0.15) is 11.1 Å². The number of aryl methyl sites for hydroxylation is 2. The molecule has 3 rings (SSSR count). The molecule has 2 nitrogen and oxygen atoms in total. The molecule has 0 aliphatic carbocycles. The third-order valence-electron chi connectivity index (χ3n) is 3.95. The van der Waals surface area contributed by atoms with Gasteiger partial charge in [0.1, 0.15) is 11.5 Å². The van der Waals surface area contributed by atoms with Gasteiger partial charge in [-0.3, -0.25) is 0 Å². The molecule has 0 saturated carbocycles. The van der Waals surface area contributed by atoms with Gasteiger partial charge >= 0.3 is 0 Å². The number of hydrogen-bond donors (Lipinski definition) is 2. The van der Waals surface area contributed by atoms with Crippen LogP contribution in [-0.4, -0.2) is 10.2 Å². The summed E-state index contributed by atoms with van der Waals surface area (Å²) in [6, 6.07) is 19.5. The Kier molecular flexibility index (Phi) is 3.60. The maximum atomic E-state index is 9.61. The Bertz CT molecular complexity index is 747. The molecule has 0 amide bonds. The largest absolute Gasteiger partial charge is 0.508 e. The molecule has 22 heavy (non-hydrogen) atoms. The van der Waals surface area contributed by atoms with E-state index in [1.165, 1.54) is 0 Å². The molecule has 0 bridgehead atoms. The maximum absolute atomic E-state index is 9.61. The summed E-state index contributed by atoms with van der Waals surface area (Å²) in [5, 5.41) is 19.2. The Labute approximate surface area is 130 Å². The van der Waals surface area contributed by atoms with Crippen molar-refractivity contribution in [2.24, 2.45) is 0 Å². The first-order valence-electron chi connectivity index (χ1n) is 7.24. The van der Waals surface area contributed by atoms with E-state index in [-0.39, 0.29) is 0 Å². The van der Waals surface area contributed by atoms with Crippen LogP contribution >= 0.6 is 0 Å². The second-order valence-corrected chi connectivity index (χ2v) is 5.58. The number of hydrogen-bond acceptors (Lipinski definition) is 2. The van der Waals surface area contributed by atoms with E-state index in [4.69, 9.17) is 0 Å². The molecule has 0 unspecified atom stereocenters. The van der Waals surface area contributed by atoms with Crippen LogP contribution in [0.4, 0.5) is 0 Å². The second kappa shape index (κ2) is 5.57. The molecule has 2 heteroatoms. The number of phenols is 2. The van der Waals surface area contributed by atoms with Gasteiger partial charge in [-0.1, -0.05) is 36.4 Å². The predicted molar refractivity (Wildman–Crippen MR) is 90.1 cm³/mol. The standard InChI is InChI=1S/C20H18O2/c1-13-11-17(7-9-19(13)21)15-3-5-16(6-4-15)18-8-10-20(22)14(2)12-18/h3-12,21-22H,1-2H3. The van der Waals surface area contributed by atoms with Crippen LogP contribution in [0.3, 0.4) is 0 Å². The van der Waals surface area contributed by atoms with E-state index in [1.54, 1.807) is 12.1 Å². The van der Waals surface area contributed by atoms with Gasteiger partial charge in [0.15, 0.2) is 0 Å². The molecule has 0 radical (unpaired) electrons. The molecule has 2 N–H and O–H groups in total. The molecule has 0 aliphatic rings. The van der Waals surface area contributed by atoms with Gasteiger partial charge in [0.25, 0.3) is 0 Å². The van der Waals surface area contributed by atoms with Crippen LogP contribution in [0, 0.1) is 13.8 Å². The van der Waals surface area contributed by atoms with Crippen molar-refractivity contribution in [3.63, 3.8) is 0 Å². The molecule has 0 aromatic heterocycles. The minimum Gasteiger partial charge on any atom is -0.508 e. The van der Waals surface area contributed by atoms with E-state index in [0.29, 0.717) is 11.5 Å². The molecule has 0 heterocycles. The summed E-state index contributed by atoms with van der Waals surface area (Å²) in [7, 11) is 0. The number of rotatable bonds is 2. The van der Waals surface area contributed by atoms with Gasteiger partial charge in [-0.15, -0.1) is 0 Å². The van der Waals surface area contributed by atoms with Crippen LogP contribution in [-0.2, 0) is 0 Å². The summed E-state index contributed by atoms with van der Waals surface area (Å²) >= 11 is 0. The van der Waals surface area contributed by atoms with E-state index in [2.05, 4.69) is 24.3 Å². The molecule has 0 aliphatic heterocycles. The van der Waals surface area contributed by atoms with Crippen LogP contribution < -0.4 is 0 Å². The van der Waals surface area contributed by atoms with Crippen LogP contribution in [0.2, 0.25) is 0 Å². The number of aromatic hydroxyl groups is 2. The second-order valence-electron chi connectivity index (χ2n) is 5.58. The zero-order valence-corrected chi connectivity index (χ0v) is 12.7. The first-order chi connectivity index (χ1) is 10.5. The first-order valence-corrected chi connectivity index (χ1v) is 7.24. The minimum absolute atomic E-state index is 0.319. The van der Waals surface area contributed by atoms with Crippen molar-refractivity contribution in [3.05, 3.63) is 71.8 Å². The number of benzene rings is 3. The summed E-state index contributed by atoms with van der Waals surface area (Å²) in [5.41, 5.74) is 6.14. The fourth-order valence-corrected chi connectivity index (χ4v) is 2.53. The van der Waals surface area contributed by atoms with Crippen molar-refractivity contribution in [1.82, 2.24) is 0 Å². The van der Waals surface area contributed by atoms with Crippen molar-refractivity contribution in [1.29, 1.82) is 0 Å². The highest BCUT2D eigenvalue weighted by Gasteiger charge is 2.04. The van der Waals surface area contributed by atoms with Crippen molar-refractivity contribution in [2.45, 2.75) is 13.8 Å². The number of phenolic OH excluding ortho intramolecular Hbond substituents is 2. The molecule has 3 aromatic carbocycles. The van der Waals surface area contributed by atoms with E-state index < -0.39 is 0 Å². The minimum atomic E-state index is 0.319. The molecular formula is C20H18O2. The predicted octanol–water partition coefficient (Wildman–Crippen LogP) is 5.05. The summed E-state index contributed by atoms with van der Waals surface area (Å²) in [6.45, 7) is 3.79. The van der Waals surface area contributed by atoms with E-state index in [1.807, 2.05) is 38.1 Å². The topological polar surface area (TPSA) is 40.5 Å². The summed E-state index contributed by atoms with van der Waals surface area (Å²) in [6.07, 6.45) is 0. The zero-order chi connectivity index (χ0) is 15.7. The van der Waals surface area contributed by atoms with Gasteiger partial charge in [-0.2, -0.15) is 0 Å². The third-order valence-corrected chi connectivity index (χ3v) is 3.95. The Balaban J connectivity index is 1.95. The van der Waals surface area contributed by atoms with Gasteiger partial charge in [0.05, 0.1) is 0 Å². The fraction of sp³-hybridized carbons (Fsp3) is 0.100. The van der Waals surface area contributed by atoms with Crippen LogP contribution in [0.5, 0.6) is 11.5 Å². The summed E-state index contributed by atoms with van der Waals surface area (Å²) in [4.78, 5) is 0. The van der Waals surface area contributed by atoms with Crippen molar-refractivity contribution in [2.75, 3.05) is 0 Å². The summed E-state index contributed by atoms with van der Waals surface area (Å²) < 4.78 is 0. The molecule has 0 atom stereocenters. The lowest BCUT2D eigenvalue weighted by atomic mass is 9.98. The van der Waals surface area contributed by atoms with Crippen LogP contribution in [0.15, 0.2) is 60.7 Å². The van der Waals surface area contributed by atoms with E-state index >= 15 is 0 Å². The SMILES string of the molecule is Cc1cc(-c2ccc(-c3ccc(O)c(C)c3)cc2)ccc1O. The molecule has 0 saturated heterocycles. The lowest BCUT2D eigenvalue weighted by molar-refractivity contribution is 0.470. The fourth-order valence-electron chi connectivity index (χ4n) is 2.53. The van der Waals surface area contributed by atoms with Crippen molar-refractivity contribution >= 4 is 0 Å². The Hall–Kier alpha value is -2.74. The lowest BCUT2D eigenvalue weighted by Crippen LogP contribution is -1.83. The highest BCUT2D eigenvalue weighted by atomic mass is 16.3. The average Bonchev–Trinajstić information content (AvgIpc) is 2.53. The third kappa shape index (κ3) is 2.68. The highest BCUT2D eigenvalue weighted by molar-refractivity contribution is 5.72. The van der Waals surface area contributed by atoms with Crippen molar-refractivity contribution < 1.29 is 10.2 Å². The van der Waals surface area contributed by atoms with Crippen molar-refractivity contribution in [3.8, 4) is 33.8 Å². The average molecular weight is 290 g/mol. The Morgan fingerprint density at radius 1 is 0.500 bits per heavy atom. The quantitative estimate of drug-likeness (QED) is 0.693. The lowest BCUT2D eigenvalue weighted by Gasteiger charge is -2.08. The van der Waals surface area contributed by atoms with E-state index in [0.717, 1.165) is 33.4 Å². The smallest absolute Gasteiger partial charge is 0.118 e. The van der Waals surface area contributed by atoms with Crippen LogP contribution in [0.25, 0.3) is 22.3 Å². The van der Waals surface area contributed by atoms with Gasteiger partial charge in [-0.05, 0) is 71.5 Å². The molecular weight excluding hydrogens is 272 g/mol. The van der Waals surface area contributed by atoms with Gasteiger partial charge < -0.3 is 10.2 Å². The molecule has 3 aromatic rings. The maximum Gasteiger partial charge on any atom is 0.118 e. The highest BCUT2D eigenvalue weighted by Crippen LogP contribution is 2.29.